The minimum absolute atomic E-state index is 0.131. The molecule has 2 N–H and O–H groups in total. The Hall–Kier alpha value is -3.83. The Morgan fingerprint density at radius 1 is 1.03 bits per heavy atom. The molecule has 0 radical (unpaired) electrons. The van der Waals surface area contributed by atoms with Gasteiger partial charge >= 0.3 is 0 Å². The van der Waals surface area contributed by atoms with Crippen LogP contribution in [0.4, 0.5) is 5.69 Å². The number of aromatic nitrogens is 1. The third-order valence-electron chi connectivity index (χ3n) is 6.90. The van der Waals surface area contributed by atoms with Crippen LogP contribution in [0.2, 0.25) is 0 Å². The number of nitrogens with one attached hydrogen (secondary N) is 2. The van der Waals surface area contributed by atoms with Crippen LogP contribution < -0.4 is 16.1 Å². The molecule has 0 saturated carbocycles. The van der Waals surface area contributed by atoms with E-state index in [1.54, 1.807) is 17.5 Å². The zero-order valence-electron chi connectivity index (χ0n) is 21.8. The van der Waals surface area contributed by atoms with E-state index in [1.165, 1.54) is 0 Å². The second-order valence-electron chi connectivity index (χ2n) is 9.64. The molecule has 5 rings (SSSR count). The maximum atomic E-state index is 13.3. The molecule has 0 amide bonds. The second kappa shape index (κ2) is 11.7. The molecule has 5 aromatic rings. The fourth-order valence-electron chi connectivity index (χ4n) is 4.79. The molecule has 2 heterocycles. The first-order chi connectivity index (χ1) is 18.5. The van der Waals surface area contributed by atoms with Crippen LogP contribution >= 0.6 is 11.3 Å². The molecule has 6 nitrogen and oxygen atoms in total. The first-order valence-corrected chi connectivity index (χ1v) is 13.7. The largest absolute Gasteiger partial charge is 0.384 e. The van der Waals surface area contributed by atoms with Gasteiger partial charge in [0.1, 0.15) is 0 Å². The van der Waals surface area contributed by atoms with Gasteiger partial charge in [0, 0.05) is 63.6 Å². The van der Waals surface area contributed by atoms with Crippen LogP contribution in [0.3, 0.4) is 0 Å². The number of aryl methyl sites for hydroxylation is 1. The summed E-state index contributed by atoms with van der Waals surface area (Å²) in [4.78, 5) is 20.0. The average Bonchev–Trinajstić information content (AvgIpc) is 2.94. The molecule has 0 fully saturated rings. The van der Waals surface area contributed by atoms with E-state index < -0.39 is 0 Å². The Balaban J connectivity index is 1.12. The topological polar surface area (TPSA) is 81.0 Å². The molecular formula is C31H31N5OS. The van der Waals surface area contributed by atoms with Gasteiger partial charge in [-0.15, -0.1) is 11.3 Å². The van der Waals surface area contributed by atoms with E-state index in [9.17, 15) is 4.79 Å². The van der Waals surface area contributed by atoms with Crippen molar-refractivity contribution in [3.8, 4) is 6.07 Å². The second-order valence-corrected chi connectivity index (χ2v) is 10.7. The van der Waals surface area contributed by atoms with Crippen molar-refractivity contribution in [3.05, 3.63) is 93.8 Å². The maximum Gasteiger partial charge on any atom is 0.196 e. The number of anilines is 1. The fraction of sp³-hybridized carbons (Fsp3) is 0.258. The number of nitriles is 1. The summed E-state index contributed by atoms with van der Waals surface area (Å²) < 4.78 is 2.13. The lowest BCUT2D eigenvalue weighted by Crippen LogP contribution is -2.30. The Labute approximate surface area is 226 Å². The molecule has 192 valence electrons. The van der Waals surface area contributed by atoms with Crippen molar-refractivity contribution in [2.45, 2.75) is 19.9 Å². The number of nitrogens with zero attached hydrogens (tertiary/aromatic N) is 3. The van der Waals surface area contributed by atoms with E-state index in [0.717, 1.165) is 80.5 Å². The monoisotopic (exact) mass is 521 g/mol. The predicted octanol–water partition coefficient (Wildman–Crippen LogP) is 5.67. The molecule has 7 heteroatoms. The number of likely N-dealkylation sites (N-methyl/N-ethyl adjacent to an activating group) is 1. The fourth-order valence-corrected chi connectivity index (χ4v) is 5.98. The summed E-state index contributed by atoms with van der Waals surface area (Å²) in [6.45, 7) is 6.36. The van der Waals surface area contributed by atoms with Crippen molar-refractivity contribution >= 4 is 48.1 Å². The van der Waals surface area contributed by atoms with Gasteiger partial charge in [0.15, 0.2) is 5.43 Å². The molecule has 0 aliphatic carbocycles. The van der Waals surface area contributed by atoms with Crippen LogP contribution in [-0.4, -0.2) is 43.1 Å². The molecule has 0 saturated heterocycles. The average molecular weight is 522 g/mol. The quantitative estimate of drug-likeness (QED) is 0.182. The first kappa shape index (κ1) is 25.8. The zero-order chi connectivity index (χ0) is 26.5. The van der Waals surface area contributed by atoms with E-state index in [2.05, 4.69) is 52.7 Å². The van der Waals surface area contributed by atoms with Gasteiger partial charge in [0.25, 0.3) is 0 Å². The summed E-state index contributed by atoms with van der Waals surface area (Å²) in [6.07, 6.45) is 2.78. The summed E-state index contributed by atoms with van der Waals surface area (Å²) in [7, 11) is 2.14. The Bertz CT molecular complexity index is 1700. The number of hydrogen-bond acceptors (Lipinski definition) is 7. The van der Waals surface area contributed by atoms with E-state index in [4.69, 9.17) is 5.26 Å². The standard InChI is InChI=1S/C31H31N5OS/c1-21-8-10-23(29-30(37)25-6-3-4-7-28(25)38-31(21)29)20-33-15-17-36(2)16-5-13-34-26-12-14-35-27-18-22(19-32)9-11-24(26)27/h3-4,6-12,14,18,33H,5,13,15-17,20H2,1-2H3,(H,34,35). The summed E-state index contributed by atoms with van der Waals surface area (Å²) in [5.41, 5.74) is 4.84. The first-order valence-electron chi connectivity index (χ1n) is 12.9. The Morgan fingerprint density at radius 2 is 1.89 bits per heavy atom. The highest BCUT2D eigenvalue weighted by molar-refractivity contribution is 7.24. The van der Waals surface area contributed by atoms with Crippen LogP contribution in [0.15, 0.2) is 71.7 Å². The highest BCUT2D eigenvalue weighted by atomic mass is 32.1. The Kier molecular flexibility index (Phi) is 7.94. The van der Waals surface area contributed by atoms with E-state index >= 15 is 0 Å². The lowest BCUT2D eigenvalue weighted by atomic mass is 10.0. The molecule has 0 aliphatic heterocycles. The highest BCUT2D eigenvalue weighted by Crippen LogP contribution is 2.29. The number of benzene rings is 3. The Morgan fingerprint density at radius 3 is 2.76 bits per heavy atom. The minimum atomic E-state index is 0.131. The maximum absolute atomic E-state index is 13.3. The lowest BCUT2D eigenvalue weighted by Gasteiger charge is -2.18. The smallest absolute Gasteiger partial charge is 0.196 e. The molecule has 38 heavy (non-hydrogen) atoms. The van der Waals surface area contributed by atoms with Gasteiger partial charge in [-0.1, -0.05) is 24.3 Å². The van der Waals surface area contributed by atoms with Crippen molar-refractivity contribution in [3.63, 3.8) is 0 Å². The summed E-state index contributed by atoms with van der Waals surface area (Å²) in [5.74, 6) is 0. The summed E-state index contributed by atoms with van der Waals surface area (Å²) in [5, 5.41) is 18.9. The van der Waals surface area contributed by atoms with E-state index in [1.807, 2.05) is 48.5 Å². The molecule has 3 aromatic carbocycles. The van der Waals surface area contributed by atoms with Gasteiger partial charge in [0.2, 0.25) is 0 Å². The zero-order valence-corrected chi connectivity index (χ0v) is 22.6. The van der Waals surface area contributed by atoms with Gasteiger partial charge in [0.05, 0.1) is 17.1 Å². The summed E-state index contributed by atoms with van der Waals surface area (Å²) >= 11 is 1.70. The van der Waals surface area contributed by atoms with Crippen molar-refractivity contribution in [2.75, 3.05) is 38.5 Å². The van der Waals surface area contributed by atoms with Crippen LogP contribution in [0.5, 0.6) is 0 Å². The highest BCUT2D eigenvalue weighted by Gasteiger charge is 2.12. The van der Waals surface area contributed by atoms with Gasteiger partial charge in [-0.25, -0.2) is 0 Å². The molecule has 0 aliphatic rings. The molecular weight excluding hydrogens is 490 g/mol. The predicted molar refractivity (Wildman–Crippen MR) is 159 cm³/mol. The molecule has 0 bridgehead atoms. The van der Waals surface area contributed by atoms with Gasteiger partial charge in [-0.2, -0.15) is 5.26 Å². The minimum Gasteiger partial charge on any atom is -0.384 e. The summed E-state index contributed by atoms with van der Waals surface area (Å²) in [6, 6.07) is 21.9. The molecule has 0 spiro atoms. The number of fused-ring (bicyclic) bond motifs is 3. The third kappa shape index (κ3) is 5.53. The SMILES string of the molecule is Cc1ccc(CNCCN(C)CCCNc2ccnc3cc(C#N)ccc23)c2c(=O)c3ccccc3sc12. The number of hydrogen-bond donors (Lipinski definition) is 2. The van der Waals surface area contributed by atoms with Crippen LogP contribution in [0, 0.1) is 18.3 Å². The van der Waals surface area contributed by atoms with Crippen molar-refractivity contribution in [1.82, 2.24) is 15.2 Å². The van der Waals surface area contributed by atoms with Gasteiger partial charge in [-0.3, -0.25) is 9.78 Å². The van der Waals surface area contributed by atoms with Crippen molar-refractivity contribution in [2.24, 2.45) is 0 Å². The normalized spacial score (nSPS) is 11.4. The third-order valence-corrected chi connectivity index (χ3v) is 8.21. The molecule has 2 aromatic heterocycles. The van der Waals surface area contributed by atoms with E-state index in [0.29, 0.717) is 12.1 Å². The van der Waals surface area contributed by atoms with E-state index in [-0.39, 0.29) is 5.43 Å². The van der Waals surface area contributed by atoms with Crippen LogP contribution in [0.25, 0.3) is 31.1 Å². The van der Waals surface area contributed by atoms with Gasteiger partial charge in [-0.05, 0) is 74.5 Å². The lowest BCUT2D eigenvalue weighted by molar-refractivity contribution is 0.330. The molecule has 0 unspecified atom stereocenters. The number of pyridine rings is 1. The van der Waals surface area contributed by atoms with Gasteiger partial charge < -0.3 is 15.5 Å². The van der Waals surface area contributed by atoms with Crippen molar-refractivity contribution in [1.29, 1.82) is 5.26 Å². The molecule has 0 atom stereocenters. The van der Waals surface area contributed by atoms with Crippen molar-refractivity contribution < 1.29 is 0 Å². The van der Waals surface area contributed by atoms with Crippen LogP contribution in [0.1, 0.15) is 23.1 Å². The number of rotatable bonds is 10. The van der Waals surface area contributed by atoms with Crippen LogP contribution in [-0.2, 0) is 6.54 Å².